The number of fused-ring (bicyclic) bond motifs is 1. The van der Waals surface area contributed by atoms with Gasteiger partial charge in [0.15, 0.2) is 0 Å². The van der Waals surface area contributed by atoms with Crippen LogP contribution < -0.4 is 0 Å². The van der Waals surface area contributed by atoms with Crippen molar-refractivity contribution in [1.29, 1.82) is 0 Å². The number of methoxy groups -OCH3 is 1. The maximum Gasteiger partial charge on any atom is 0.0833 e. The number of halogens is 2. The minimum atomic E-state index is 0.163. The smallest absolute Gasteiger partial charge is 0.0833 e. The van der Waals surface area contributed by atoms with E-state index in [0.29, 0.717) is 16.0 Å². The molecule has 3 heteroatoms. The van der Waals surface area contributed by atoms with Gasteiger partial charge >= 0.3 is 0 Å². The lowest BCUT2D eigenvalue weighted by Gasteiger charge is -2.13. The van der Waals surface area contributed by atoms with E-state index in [0.717, 1.165) is 6.42 Å². The zero-order valence-corrected chi connectivity index (χ0v) is 12.1. The molecule has 0 amide bonds. The van der Waals surface area contributed by atoms with E-state index in [1.807, 2.05) is 18.2 Å². The molecule has 2 aromatic rings. The van der Waals surface area contributed by atoms with Crippen LogP contribution in [0.5, 0.6) is 0 Å². The summed E-state index contributed by atoms with van der Waals surface area (Å²) in [6, 6.07) is 14.3. The van der Waals surface area contributed by atoms with Crippen LogP contribution in [0.25, 0.3) is 0 Å². The highest BCUT2D eigenvalue weighted by atomic mass is 35.5. The van der Waals surface area contributed by atoms with Crippen molar-refractivity contribution in [3.05, 3.63) is 69.2 Å². The molecule has 2 atom stereocenters. The fraction of sp³-hybridized carbons (Fsp3) is 0.250. The highest BCUT2D eigenvalue weighted by molar-refractivity contribution is 6.42. The van der Waals surface area contributed by atoms with E-state index in [2.05, 4.69) is 24.3 Å². The molecule has 0 spiro atoms. The van der Waals surface area contributed by atoms with E-state index in [-0.39, 0.29) is 6.10 Å². The van der Waals surface area contributed by atoms with Gasteiger partial charge in [-0.25, -0.2) is 0 Å². The van der Waals surface area contributed by atoms with Gasteiger partial charge in [-0.2, -0.15) is 0 Å². The molecule has 3 rings (SSSR count). The predicted molar refractivity (Wildman–Crippen MR) is 79.1 cm³/mol. The molecule has 0 N–H and O–H groups in total. The molecule has 1 nitrogen and oxygen atoms in total. The van der Waals surface area contributed by atoms with Gasteiger partial charge in [0.1, 0.15) is 0 Å². The second-order valence-electron chi connectivity index (χ2n) is 4.82. The van der Waals surface area contributed by atoms with Crippen LogP contribution in [-0.4, -0.2) is 7.11 Å². The van der Waals surface area contributed by atoms with E-state index < -0.39 is 0 Å². The standard InChI is InChI=1S/C16H14Cl2O/c1-19-16-9-13(11-4-2-3-5-12(11)16)10-6-7-14(17)15(18)8-10/h2-8,13,16H,9H2,1H3/t13-,16-/m1/s1. The number of hydrogen-bond acceptors (Lipinski definition) is 1. The molecular weight excluding hydrogens is 279 g/mol. The molecule has 1 aliphatic carbocycles. The maximum absolute atomic E-state index is 6.13. The second-order valence-corrected chi connectivity index (χ2v) is 5.63. The van der Waals surface area contributed by atoms with Crippen LogP contribution in [0.4, 0.5) is 0 Å². The van der Waals surface area contributed by atoms with Crippen molar-refractivity contribution in [3.63, 3.8) is 0 Å². The van der Waals surface area contributed by atoms with Gasteiger partial charge in [0.2, 0.25) is 0 Å². The largest absolute Gasteiger partial charge is 0.377 e. The van der Waals surface area contributed by atoms with Crippen LogP contribution in [0.2, 0.25) is 10.0 Å². The molecular formula is C16H14Cl2O. The third kappa shape index (κ3) is 2.27. The van der Waals surface area contributed by atoms with E-state index in [1.54, 1.807) is 7.11 Å². The summed E-state index contributed by atoms with van der Waals surface area (Å²) in [7, 11) is 1.76. The summed E-state index contributed by atoms with van der Waals surface area (Å²) in [6.45, 7) is 0. The van der Waals surface area contributed by atoms with Crippen molar-refractivity contribution >= 4 is 23.2 Å². The van der Waals surface area contributed by atoms with Crippen molar-refractivity contribution in [3.8, 4) is 0 Å². The molecule has 0 aliphatic heterocycles. The molecule has 0 fully saturated rings. The Morgan fingerprint density at radius 2 is 1.74 bits per heavy atom. The molecule has 0 aromatic heterocycles. The van der Waals surface area contributed by atoms with Crippen LogP contribution in [-0.2, 0) is 4.74 Å². The lowest BCUT2D eigenvalue weighted by Crippen LogP contribution is -1.97. The maximum atomic E-state index is 6.13. The van der Waals surface area contributed by atoms with Crippen molar-refractivity contribution in [2.24, 2.45) is 0 Å². The zero-order valence-electron chi connectivity index (χ0n) is 10.6. The molecule has 0 unspecified atom stereocenters. The van der Waals surface area contributed by atoms with Gasteiger partial charge < -0.3 is 4.74 Å². The number of hydrogen-bond donors (Lipinski definition) is 0. The highest BCUT2D eigenvalue weighted by Crippen LogP contribution is 2.46. The van der Waals surface area contributed by atoms with Gasteiger partial charge in [-0.1, -0.05) is 53.5 Å². The molecule has 98 valence electrons. The Morgan fingerprint density at radius 3 is 2.42 bits per heavy atom. The summed E-state index contributed by atoms with van der Waals surface area (Å²) >= 11 is 12.1. The zero-order chi connectivity index (χ0) is 13.4. The first-order valence-electron chi connectivity index (χ1n) is 6.27. The monoisotopic (exact) mass is 292 g/mol. The molecule has 0 bridgehead atoms. The normalized spacial score (nSPS) is 21.4. The third-order valence-electron chi connectivity index (χ3n) is 3.80. The van der Waals surface area contributed by atoms with Gasteiger partial charge in [-0.15, -0.1) is 0 Å². The van der Waals surface area contributed by atoms with Crippen molar-refractivity contribution < 1.29 is 4.74 Å². The summed E-state index contributed by atoms with van der Waals surface area (Å²) in [5.41, 5.74) is 3.80. The predicted octanol–water partition coefficient (Wildman–Crippen LogP) is 5.22. The fourth-order valence-corrected chi connectivity index (χ4v) is 3.16. The lowest BCUT2D eigenvalue weighted by molar-refractivity contribution is 0.102. The SMILES string of the molecule is CO[C@@H]1C[C@H](c2ccc(Cl)c(Cl)c2)c2ccccc21. The minimum Gasteiger partial charge on any atom is -0.377 e. The molecule has 19 heavy (non-hydrogen) atoms. The Bertz CT molecular complexity index is 609. The van der Waals surface area contributed by atoms with Gasteiger partial charge in [0, 0.05) is 13.0 Å². The first-order chi connectivity index (χ1) is 9.20. The molecule has 0 heterocycles. The number of rotatable bonds is 2. The Morgan fingerprint density at radius 1 is 1.00 bits per heavy atom. The molecule has 0 saturated carbocycles. The van der Waals surface area contributed by atoms with E-state index in [1.165, 1.54) is 16.7 Å². The fourth-order valence-electron chi connectivity index (χ4n) is 2.86. The Kier molecular flexibility index (Phi) is 3.53. The Labute approximate surface area is 123 Å². The Hall–Kier alpha value is -1.02. The van der Waals surface area contributed by atoms with Gasteiger partial charge in [-0.05, 0) is 35.2 Å². The third-order valence-corrected chi connectivity index (χ3v) is 4.54. The molecule has 0 saturated heterocycles. The molecule has 0 radical (unpaired) electrons. The van der Waals surface area contributed by atoms with Crippen molar-refractivity contribution in [2.45, 2.75) is 18.4 Å². The van der Waals surface area contributed by atoms with E-state index >= 15 is 0 Å². The number of ether oxygens (including phenoxy) is 1. The van der Waals surface area contributed by atoms with Crippen molar-refractivity contribution in [1.82, 2.24) is 0 Å². The van der Waals surface area contributed by atoms with Crippen LogP contribution in [0.1, 0.15) is 35.1 Å². The lowest BCUT2D eigenvalue weighted by atomic mass is 9.93. The highest BCUT2D eigenvalue weighted by Gasteiger charge is 2.31. The minimum absolute atomic E-state index is 0.163. The molecule has 1 aliphatic rings. The van der Waals surface area contributed by atoms with E-state index in [9.17, 15) is 0 Å². The second kappa shape index (κ2) is 5.16. The Balaban J connectivity index is 2.05. The summed E-state index contributed by atoms with van der Waals surface area (Å²) in [6.07, 6.45) is 1.11. The van der Waals surface area contributed by atoms with Crippen LogP contribution in [0.15, 0.2) is 42.5 Å². The summed E-state index contributed by atoms with van der Waals surface area (Å²) in [4.78, 5) is 0. The van der Waals surface area contributed by atoms with E-state index in [4.69, 9.17) is 27.9 Å². The first-order valence-corrected chi connectivity index (χ1v) is 7.03. The summed E-state index contributed by atoms with van der Waals surface area (Å²) in [5, 5.41) is 1.21. The topological polar surface area (TPSA) is 9.23 Å². The van der Waals surface area contributed by atoms with Crippen LogP contribution in [0.3, 0.4) is 0 Å². The first kappa shape index (κ1) is 13.0. The summed E-state index contributed by atoms with van der Waals surface area (Å²) in [5.74, 6) is 0.330. The van der Waals surface area contributed by atoms with Crippen LogP contribution in [0, 0.1) is 0 Å². The van der Waals surface area contributed by atoms with Crippen LogP contribution >= 0.6 is 23.2 Å². The van der Waals surface area contributed by atoms with Gasteiger partial charge in [0.25, 0.3) is 0 Å². The average molecular weight is 293 g/mol. The van der Waals surface area contributed by atoms with Gasteiger partial charge in [0.05, 0.1) is 16.1 Å². The quantitative estimate of drug-likeness (QED) is 0.738. The van der Waals surface area contributed by atoms with Crippen molar-refractivity contribution in [2.75, 3.05) is 7.11 Å². The number of benzene rings is 2. The van der Waals surface area contributed by atoms with Gasteiger partial charge in [-0.3, -0.25) is 0 Å². The summed E-state index contributed by atoms with van der Waals surface area (Å²) < 4.78 is 5.58. The average Bonchev–Trinajstić information content (AvgIpc) is 2.81. The molecule has 2 aromatic carbocycles.